The lowest BCUT2D eigenvalue weighted by Crippen LogP contribution is -2.27. The fourth-order valence-electron chi connectivity index (χ4n) is 4.32. The number of benzene rings is 1. The Morgan fingerprint density at radius 3 is 2.84 bits per heavy atom. The highest BCUT2D eigenvalue weighted by Crippen LogP contribution is 2.37. The van der Waals surface area contributed by atoms with Crippen LogP contribution in [0.2, 0.25) is 0 Å². The van der Waals surface area contributed by atoms with Crippen molar-refractivity contribution in [2.24, 2.45) is 11.7 Å². The van der Waals surface area contributed by atoms with E-state index in [4.69, 9.17) is 10.5 Å². The summed E-state index contributed by atoms with van der Waals surface area (Å²) in [5, 5.41) is 13.3. The van der Waals surface area contributed by atoms with E-state index in [2.05, 4.69) is 5.32 Å². The molecule has 0 bridgehead atoms. The first-order chi connectivity index (χ1) is 15.1. The average Bonchev–Trinajstić information content (AvgIpc) is 3.36. The number of nitrogens with one attached hydrogen (secondary N) is 1. The first-order valence-corrected chi connectivity index (χ1v) is 10.2. The topological polar surface area (TPSA) is 107 Å². The van der Waals surface area contributed by atoms with E-state index in [0.29, 0.717) is 36.1 Å². The number of aromatic nitrogens is 1. The zero-order chi connectivity index (χ0) is 22.0. The molecule has 2 aliphatic rings. The molecule has 7 heteroatoms. The third-order valence-corrected chi connectivity index (χ3v) is 5.78. The largest absolute Gasteiger partial charge is 0.497 e. The third-order valence-electron chi connectivity index (χ3n) is 5.78. The van der Waals surface area contributed by atoms with Gasteiger partial charge in [-0.25, -0.2) is 0 Å². The lowest BCUT2D eigenvalue weighted by Gasteiger charge is -2.20. The van der Waals surface area contributed by atoms with Crippen molar-refractivity contribution >= 4 is 28.7 Å². The quantitative estimate of drug-likeness (QED) is 0.449. The van der Waals surface area contributed by atoms with Crippen molar-refractivity contribution in [1.29, 1.82) is 0 Å². The fourth-order valence-corrected chi connectivity index (χ4v) is 4.32. The van der Waals surface area contributed by atoms with Gasteiger partial charge in [-0.05, 0) is 30.2 Å². The minimum absolute atomic E-state index is 0.0215. The highest BCUT2D eigenvalue weighted by molar-refractivity contribution is 6.22. The molecular weight excluding hydrogens is 394 g/mol. The Morgan fingerprint density at radius 1 is 1.32 bits per heavy atom. The zero-order valence-electron chi connectivity index (χ0n) is 17.2. The van der Waals surface area contributed by atoms with Gasteiger partial charge in [0, 0.05) is 53.5 Å². The van der Waals surface area contributed by atoms with Gasteiger partial charge in [0.1, 0.15) is 5.75 Å². The minimum Gasteiger partial charge on any atom is -0.497 e. The molecular formula is C24H25N3O4. The van der Waals surface area contributed by atoms with E-state index in [1.165, 1.54) is 0 Å². The summed E-state index contributed by atoms with van der Waals surface area (Å²) in [5.41, 5.74) is 8.44. The fraction of sp³-hybridized carbons (Fsp3) is 0.250. The Labute approximate surface area is 180 Å². The predicted octanol–water partition coefficient (Wildman–Crippen LogP) is 2.07. The second-order valence-electron chi connectivity index (χ2n) is 7.55. The summed E-state index contributed by atoms with van der Waals surface area (Å²) in [6.07, 6.45) is 12.7. The van der Waals surface area contributed by atoms with Crippen molar-refractivity contribution in [2.75, 3.05) is 13.7 Å². The van der Waals surface area contributed by atoms with Crippen molar-refractivity contribution in [3.8, 4) is 5.75 Å². The number of fused-ring (bicyclic) bond motifs is 2. The molecule has 2 aromatic rings. The maximum absolute atomic E-state index is 12.6. The summed E-state index contributed by atoms with van der Waals surface area (Å²) in [5.74, 6) is -0.0978. The highest BCUT2D eigenvalue weighted by atomic mass is 16.5. The molecule has 4 N–H and O–H groups in total. The SMILES string of the molecule is COc1ccc2c(c1)c(/C(C=O)=C(/C(N)=O)C1=CNC3C=CC=CC13)cn2CCCO. The number of aliphatic hydroxyl groups is 1. The molecule has 0 radical (unpaired) electrons. The summed E-state index contributed by atoms with van der Waals surface area (Å²) in [7, 11) is 1.58. The number of rotatable bonds is 8. The molecule has 1 aliphatic carbocycles. The van der Waals surface area contributed by atoms with Gasteiger partial charge in [-0.1, -0.05) is 24.3 Å². The number of amides is 1. The Morgan fingerprint density at radius 2 is 2.13 bits per heavy atom. The molecule has 0 spiro atoms. The summed E-state index contributed by atoms with van der Waals surface area (Å²) in [4.78, 5) is 25.0. The van der Waals surface area contributed by atoms with Crippen LogP contribution in [0.1, 0.15) is 12.0 Å². The predicted molar refractivity (Wildman–Crippen MR) is 119 cm³/mol. The number of aryl methyl sites for hydroxylation is 1. The van der Waals surface area contributed by atoms with E-state index in [-0.39, 0.29) is 29.7 Å². The Kier molecular flexibility index (Phi) is 5.77. The van der Waals surface area contributed by atoms with E-state index in [9.17, 15) is 14.7 Å². The number of aldehydes is 1. The lowest BCUT2D eigenvalue weighted by molar-refractivity contribution is -0.114. The molecule has 0 fully saturated rings. The molecule has 2 unspecified atom stereocenters. The van der Waals surface area contributed by atoms with Crippen LogP contribution in [-0.4, -0.2) is 41.6 Å². The van der Waals surface area contributed by atoms with Crippen molar-refractivity contribution < 1.29 is 19.4 Å². The van der Waals surface area contributed by atoms with E-state index in [1.54, 1.807) is 13.3 Å². The Balaban J connectivity index is 1.93. The average molecular weight is 419 g/mol. The summed E-state index contributed by atoms with van der Waals surface area (Å²) < 4.78 is 7.34. The van der Waals surface area contributed by atoms with Gasteiger partial charge in [0.05, 0.1) is 18.7 Å². The zero-order valence-corrected chi connectivity index (χ0v) is 17.2. The number of allylic oxidation sites excluding steroid dienone is 3. The molecule has 1 aromatic heterocycles. The molecule has 2 atom stereocenters. The number of nitrogens with two attached hydrogens (primary N) is 1. The standard InChI is InChI=1S/C24H25N3O4/c1-31-15-7-8-22-17(11-15)19(13-27(22)9-4-10-28)20(14-29)23(24(25)30)18-12-26-21-6-3-2-5-16(18)21/h2-3,5-8,11-14,16,21,26,28H,4,9-10H2,1H3,(H2,25,30)/b23-20+. The molecule has 1 amide bonds. The first-order valence-electron chi connectivity index (χ1n) is 10.2. The normalized spacial score (nSPS) is 20.1. The first kappa shape index (κ1) is 20.7. The number of ether oxygens (including phenoxy) is 1. The lowest BCUT2D eigenvalue weighted by atomic mass is 9.84. The van der Waals surface area contributed by atoms with E-state index in [1.807, 2.05) is 53.3 Å². The molecule has 1 aromatic carbocycles. The van der Waals surface area contributed by atoms with Gasteiger partial charge in [0.15, 0.2) is 6.29 Å². The van der Waals surface area contributed by atoms with Gasteiger partial charge >= 0.3 is 0 Å². The van der Waals surface area contributed by atoms with Crippen molar-refractivity contribution in [3.63, 3.8) is 0 Å². The van der Waals surface area contributed by atoms with Crippen molar-refractivity contribution in [2.45, 2.75) is 19.0 Å². The molecule has 1 aliphatic heterocycles. The van der Waals surface area contributed by atoms with Gasteiger partial charge in [-0.15, -0.1) is 0 Å². The number of hydrogen-bond acceptors (Lipinski definition) is 5. The Hall–Kier alpha value is -3.58. The van der Waals surface area contributed by atoms with Crippen LogP contribution in [0.4, 0.5) is 0 Å². The highest BCUT2D eigenvalue weighted by Gasteiger charge is 2.33. The van der Waals surface area contributed by atoms with Crippen LogP contribution in [0.15, 0.2) is 66.0 Å². The molecule has 0 saturated heterocycles. The smallest absolute Gasteiger partial charge is 0.249 e. The third kappa shape index (κ3) is 3.68. The molecule has 2 heterocycles. The molecule has 7 nitrogen and oxygen atoms in total. The number of carbonyl (C=O) groups excluding carboxylic acids is 2. The molecule has 0 saturated carbocycles. The van der Waals surface area contributed by atoms with Gasteiger partial charge in [-0.3, -0.25) is 9.59 Å². The van der Waals surface area contributed by atoms with Crippen LogP contribution in [0.25, 0.3) is 16.5 Å². The summed E-state index contributed by atoms with van der Waals surface area (Å²) in [6, 6.07) is 5.61. The monoisotopic (exact) mass is 419 g/mol. The van der Waals surface area contributed by atoms with E-state index >= 15 is 0 Å². The van der Waals surface area contributed by atoms with Crippen LogP contribution in [0, 0.1) is 5.92 Å². The number of methoxy groups -OCH3 is 1. The minimum atomic E-state index is -0.655. The number of hydrogen-bond donors (Lipinski definition) is 3. The van der Waals surface area contributed by atoms with Gasteiger partial charge in [-0.2, -0.15) is 0 Å². The van der Waals surface area contributed by atoms with Crippen molar-refractivity contribution in [1.82, 2.24) is 9.88 Å². The van der Waals surface area contributed by atoms with Crippen LogP contribution in [0.5, 0.6) is 5.75 Å². The summed E-state index contributed by atoms with van der Waals surface area (Å²) in [6.45, 7) is 0.620. The number of carbonyl (C=O) groups is 2. The summed E-state index contributed by atoms with van der Waals surface area (Å²) >= 11 is 0. The van der Waals surface area contributed by atoms with Crippen LogP contribution in [0.3, 0.4) is 0 Å². The van der Waals surface area contributed by atoms with Crippen molar-refractivity contribution in [3.05, 3.63) is 71.6 Å². The van der Waals surface area contributed by atoms with E-state index in [0.717, 1.165) is 10.9 Å². The maximum atomic E-state index is 12.6. The molecule has 160 valence electrons. The maximum Gasteiger partial charge on any atom is 0.249 e. The van der Waals surface area contributed by atoms with Gasteiger partial charge in [0.25, 0.3) is 0 Å². The molecule has 4 rings (SSSR count). The van der Waals surface area contributed by atoms with Crippen LogP contribution in [-0.2, 0) is 16.1 Å². The van der Waals surface area contributed by atoms with Crippen LogP contribution < -0.4 is 15.8 Å². The number of aliphatic hydroxyl groups excluding tert-OH is 1. The Bertz CT molecular complexity index is 1150. The van der Waals surface area contributed by atoms with Gasteiger partial charge in [0.2, 0.25) is 5.91 Å². The second-order valence-corrected chi connectivity index (χ2v) is 7.55. The number of primary amides is 1. The second kappa shape index (κ2) is 8.65. The number of nitrogens with zero attached hydrogens (tertiary/aromatic N) is 1. The molecule has 31 heavy (non-hydrogen) atoms. The van der Waals surface area contributed by atoms with E-state index < -0.39 is 5.91 Å². The van der Waals surface area contributed by atoms with Crippen LogP contribution >= 0.6 is 0 Å². The van der Waals surface area contributed by atoms with Gasteiger partial charge < -0.3 is 25.5 Å².